The number of carbonyl (C=O) groups is 2. The third-order valence-corrected chi connectivity index (χ3v) is 7.24. The summed E-state index contributed by atoms with van der Waals surface area (Å²) in [5.41, 5.74) is 5.37. The van der Waals surface area contributed by atoms with Crippen LogP contribution < -0.4 is 4.90 Å². The van der Waals surface area contributed by atoms with Gasteiger partial charge in [-0.15, -0.1) is 0 Å². The standard InChI is InChI=1S/C28H24N2O3S/c1-4-18-9-14-21-22(15-18)34-28(29-21)30-24(19-10-5-16(2)6-11-19)23(26(32)27(30)33)25(31)20-12-7-17(3)8-13-20/h5-15,24,31H,4H2,1-3H3. The number of ketones is 1. The van der Waals surface area contributed by atoms with Gasteiger partial charge < -0.3 is 5.11 Å². The van der Waals surface area contributed by atoms with E-state index in [0.29, 0.717) is 10.7 Å². The van der Waals surface area contributed by atoms with Crippen LogP contribution in [0.4, 0.5) is 5.13 Å². The number of aromatic nitrogens is 1. The lowest BCUT2D eigenvalue weighted by molar-refractivity contribution is -0.132. The monoisotopic (exact) mass is 468 g/mol. The molecule has 0 aliphatic carbocycles. The smallest absolute Gasteiger partial charge is 0.301 e. The molecule has 3 aromatic carbocycles. The van der Waals surface area contributed by atoms with Crippen LogP contribution in [0.25, 0.3) is 16.0 Å². The number of amides is 1. The van der Waals surface area contributed by atoms with E-state index in [1.807, 2.05) is 62.4 Å². The lowest BCUT2D eigenvalue weighted by atomic mass is 9.94. The van der Waals surface area contributed by atoms with Crippen LogP contribution >= 0.6 is 11.3 Å². The molecule has 6 heteroatoms. The molecular weight excluding hydrogens is 444 g/mol. The van der Waals surface area contributed by atoms with Crippen LogP contribution in [-0.2, 0) is 16.0 Å². The van der Waals surface area contributed by atoms with E-state index in [2.05, 4.69) is 13.0 Å². The Balaban J connectivity index is 1.71. The van der Waals surface area contributed by atoms with Crippen LogP contribution in [0.2, 0.25) is 0 Å². The Kier molecular flexibility index (Phi) is 5.54. The Morgan fingerprint density at radius 2 is 1.62 bits per heavy atom. The predicted octanol–water partition coefficient (Wildman–Crippen LogP) is 6.10. The van der Waals surface area contributed by atoms with Gasteiger partial charge in [0.15, 0.2) is 5.13 Å². The summed E-state index contributed by atoms with van der Waals surface area (Å²) in [5.74, 6) is -1.58. The van der Waals surface area contributed by atoms with E-state index in [4.69, 9.17) is 4.98 Å². The van der Waals surface area contributed by atoms with Gasteiger partial charge in [-0.05, 0) is 43.5 Å². The number of nitrogens with zero attached hydrogens (tertiary/aromatic N) is 2. The van der Waals surface area contributed by atoms with Crippen molar-refractivity contribution in [2.24, 2.45) is 0 Å². The molecule has 5 nitrogen and oxygen atoms in total. The minimum atomic E-state index is -0.770. The van der Waals surface area contributed by atoms with Gasteiger partial charge in [0, 0.05) is 5.56 Å². The maximum atomic E-state index is 13.4. The third-order valence-electron chi connectivity index (χ3n) is 6.22. The average Bonchev–Trinajstić information content (AvgIpc) is 3.37. The molecule has 1 unspecified atom stereocenters. The van der Waals surface area contributed by atoms with Crippen molar-refractivity contribution in [1.82, 2.24) is 4.98 Å². The zero-order valence-corrected chi connectivity index (χ0v) is 20.0. The first-order valence-electron chi connectivity index (χ1n) is 11.2. The fourth-order valence-corrected chi connectivity index (χ4v) is 5.30. The van der Waals surface area contributed by atoms with E-state index in [-0.39, 0.29) is 11.3 Å². The van der Waals surface area contributed by atoms with Gasteiger partial charge >= 0.3 is 5.91 Å². The van der Waals surface area contributed by atoms with Crippen LogP contribution in [0.5, 0.6) is 0 Å². The number of anilines is 1. The second kappa shape index (κ2) is 8.54. The zero-order chi connectivity index (χ0) is 24.0. The number of carbonyl (C=O) groups excluding carboxylic acids is 2. The Labute approximate surface area is 202 Å². The molecule has 0 spiro atoms. The molecule has 1 amide bonds. The number of thiazole rings is 1. The van der Waals surface area contributed by atoms with Gasteiger partial charge in [-0.25, -0.2) is 4.98 Å². The second-order valence-corrected chi connectivity index (χ2v) is 9.61. The first-order chi connectivity index (χ1) is 16.4. The Bertz CT molecular complexity index is 1450. The highest BCUT2D eigenvalue weighted by Gasteiger charge is 2.48. The Morgan fingerprint density at radius 3 is 2.26 bits per heavy atom. The number of aliphatic hydroxyl groups excluding tert-OH is 1. The molecule has 1 aliphatic heterocycles. The second-order valence-electron chi connectivity index (χ2n) is 8.60. The summed E-state index contributed by atoms with van der Waals surface area (Å²) in [5, 5.41) is 11.7. The SMILES string of the molecule is CCc1ccc2nc(N3C(=O)C(=O)C(=C(O)c4ccc(C)cc4)C3c3ccc(C)cc3)sc2c1. The number of hydrogen-bond acceptors (Lipinski definition) is 5. The van der Waals surface area contributed by atoms with Crippen molar-refractivity contribution in [1.29, 1.82) is 0 Å². The fourth-order valence-electron chi connectivity index (χ4n) is 4.24. The summed E-state index contributed by atoms with van der Waals surface area (Å²) in [4.78, 5) is 32.8. The zero-order valence-electron chi connectivity index (χ0n) is 19.2. The molecule has 0 saturated carbocycles. The largest absolute Gasteiger partial charge is 0.507 e. The fraction of sp³-hybridized carbons (Fsp3) is 0.179. The molecule has 1 saturated heterocycles. The molecule has 5 rings (SSSR count). The number of fused-ring (bicyclic) bond motifs is 1. The normalized spacial score (nSPS) is 17.6. The van der Waals surface area contributed by atoms with Crippen LogP contribution in [0, 0.1) is 13.8 Å². The van der Waals surface area contributed by atoms with Crippen molar-refractivity contribution in [3.63, 3.8) is 0 Å². The van der Waals surface area contributed by atoms with E-state index in [9.17, 15) is 14.7 Å². The summed E-state index contributed by atoms with van der Waals surface area (Å²) >= 11 is 1.38. The van der Waals surface area contributed by atoms with E-state index >= 15 is 0 Å². The van der Waals surface area contributed by atoms with Crippen molar-refractivity contribution in [2.75, 3.05) is 4.90 Å². The molecule has 170 valence electrons. The molecule has 0 bridgehead atoms. The number of benzene rings is 3. The first-order valence-corrected chi connectivity index (χ1v) is 12.0. The van der Waals surface area contributed by atoms with Crippen LogP contribution in [0.15, 0.2) is 72.3 Å². The summed E-state index contributed by atoms with van der Waals surface area (Å²) in [6, 6.07) is 20.2. The number of Topliss-reactive ketones (excluding diaryl/α,β-unsaturated/α-hetero) is 1. The molecule has 1 N–H and O–H groups in total. The predicted molar refractivity (Wildman–Crippen MR) is 136 cm³/mol. The van der Waals surface area contributed by atoms with Gasteiger partial charge in [-0.3, -0.25) is 14.5 Å². The number of aryl methyl sites for hydroxylation is 3. The van der Waals surface area contributed by atoms with Crippen molar-refractivity contribution < 1.29 is 14.7 Å². The summed E-state index contributed by atoms with van der Waals surface area (Å²) < 4.78 is 0.956. The van der Waals surface area contributed by atoms with Crippen LogP contribution in [0.1, 0.15) is 40.8 Å². The lowest BCUT2D eigenvalue weighted by Crippen LogP contribution is -2.29. The molecule has 1 aromatic heterocycles. The average molecular weight is 469 g/mol. The molecule has 1 fully saturated rings. The maximum absolute atomic E-state index is 13.4. The quantitative estimate of drug-likeness (QED) is 0.223. The first kappa shape index (κ1) is 22.0. The summed E-state index contributed by atoms with van der Waals surface area (Å²) in [6.45, 7) is 6.02. The maximum Gasteiger partial charge on any atom is 0.301 e. The minimum Gasteiger partial charge on any atom is -0.507 e. The Morgan fingerprint density at radius 1 is 0.971 bits per heavy atom. The summed E-state index contributed by atoms with van der Waals surface area (Å²) in [7, 11) is 0. The Hall–Kier alpha value is -3.77. The van der Waals surface area contributed by atoms with Gasteiger partial charge in [0.05, 0.1) is 21.8 Å². The molecule has 1 aliphatic rings. The molecule has 0 radical (unpaired) electrons. The van der Waals surface area contributed by atoms with Crippen LogP contribution in [0.3, 0.4) is 0 Å². The molecule has 2 heterocycles. The van der Waals surface area contributed by atoms with E-state index in [0.717, 1.165) is 33.3 Å². The molecular formula is C28H24N2O3S. The highest BCUT2D eigenvalue weighted by atomic mass is 32.1. The minimum absolute atomic E-state index is 0.0752. The van der Waals surface area contributed by atoms with Gasteiger partial charge in [0.1, 0.15) is 5.76 Å². The van der Waals surface area contributed by atoms with E-state index in [1.165, 1.54) is 21.8 Å². The van der Waals surface area contributed by atoms with E-state index < -0.39 is 17.7 Å². The molecule has 34 heavy (non-hydrogen) atoms. The van der Waals surface area contributed by atoms with Crippen molar-refractivity contribution in [3.05, 3.63) is 100 Å². The summed E-state index contributed by atoms with van der Waals surface area (Å²) in [6.07, 6.45) is 0.896. The number of hydrogen-bond donors (Lipinski definition) is 1. The number of rotatable bonds is 4. The van der Waals surface area contributed by atoms with Crippen molar-refractivity contribution in [2.45, 2.75) is 33.2 Å². The number of aliphatic hydroxyl groups is 1. The molecule has 1 atom stereocenters. The van der Waals surface area contributed by atoms with E-state index in [1.54, 1.807) is 12.1 Å². The van der Waals surface area contributed by atoms with Gasteiger partial charge in [0.25, 0.3) is 5.78 Å². The molecule has 4 aromatic rings. The van der Waals surface area contributed by atoms with Gasteiger partial charge in [-0.1, -0.05) is 84.0 Å². The highest BCUT2D eigenvalue weighted by molar-refractivity contribution is 7.22. The van der Waals surface area contributed by atoms with Gasteiger partial charge in [-0.2, -0.15) is 0 Å². The van der Waals surface area contributed by atoms with Crippen LogP contribution in [-0.4, -0.2) is 21.8 Å². The van der Waals surface area contributed by atoms with Crippen molar-refractivity contribution in [3.8, 4) is 0 Å². The van der Waals surface area contributed by atoms with Gasteiger partial charge in [0.2, 0.25) is 0 Å². The van der Waals surface area contributed by atoms with Crippen molar-refractivity contribution >= 4 is 44.1 Å². The third kappa shape index (κ3) is 3.70. The topological polar surface area (TPSA) is 70.5 Å². The highest BCUT2D eigenvalue weighted by Crippen LogP contribution is 2.44. The lowest BCUT2D eigenvalue weighted by Gasteiger charge is -2.23.